The highest BCUT2D eigenvalue weighted by atomic mass is 35.5. The lowest BCUT2D eigenvalue weighted by Gasteiger charge is -2.38. The second kappa shape index (κ2) is 8.26. The average molecular weight is 450 g/mol. The molecule has 6 heteroatoms. The molecule has 0 bridgehead atoms. The van der Waals surface area contributed by atoms with E-state index in [0.717, 1.165) is 16.9 Å². The summed E-state index contributed by atoms with van der Waals surface area (Å²) in [5, 5.41) is 10.7. The van der Waals surface area contributed by atoms with Crippen molar-refractivity contribution in [1.29, 1.82) is 5.26 Å². The summed E-state index contributed by atoms with van der Waals surface area (Å²) in [6, 6.07) is 23.8. The van der Waals surface area contributed by atoms with E-state index in [1.807, 2.05) is 47.4 Å². The molecule has 0 N–H and O–H groups in total. The van der Waals surface area contributed by atoms with Gasteiger partial charge in [0.1, 0.15) is 0 Å². The van der Waals surface area contributed by atoms with Crippen LogP contribution in [0.2, 0.25) is 10.0 Å². The monoisotopic (exact) mass is 449 g/mol. The van der Waals surface area contributed by atoms with Gasteiger partial charge in [-0.05, 0) is 79.6 Å². The number of halogens is 2. The number of nitrogens with zero attached hydrogens (tertiary/aromatic N) is 3. The number of anilines is 2. The zero-order valence-corrected chi connectivity index (χ0v) is 18.7. The highest BCUT2D eigenvalue weighted by Gasteiger charge is 2.55. The summed E-state index contributed by atoms with van der Waals surface area (Å²) >= 11 is 12.2. The molecule has 0 saturated carbocycles. The molecule has 31 heavy (non-hydrogen) atoms. The Kier molecular flexibility index (Phi) is 5.66. The molecular weight excluding hydrogens is 429 g/mol. The van der Waals surface area contributed by atoms with Crippen LogP contribution in [0.15, 0.2) is 72.8 Å². The molecule has 4 rings (SSSR count). The summed E-state index contributed by atoms with van der Waals surface area (Å²) in [5.74, 6) is 0. The molecule has 1 heterocycles. The molecule has 4 nitrogen and oxygen atoms in total. The van der Waals surface area contributed by atoms with Gasteiger partial charge in [0.2, 0.25) is 0 Å². The quantitative estimate of drug-likeness (QED) is 0.421. The summed E-state index contributed by atoms with van der Waals surface area (Å²) in [6.07, 6.45) is 0.701. The van der Waals surface area contributed by atoms with Crippen LogP contribution in [0.5, 0.6) is 0 Å². The van der Waals surface area contributed by atoms with Crippen LogP contribution in [0, 0.1) is 11.3 Å². The van der Waals surface area contributed by atoms with E-state index >= 15 is 0 Å². The highest BCUT2D eigenvalue weighted by Crippen LogP contribution is 2.49. The number of hydrogen-bond donors (Lipinski definition) is 0. The second-order valence-corrected chi connectivity index (χ2v) is 8.66. The highest BCUT2D eigenvalue weighted by molar-refractivity contribution is 6.31. The van der Waals surface area contributed by atoms with E-state index in [1.54, 1.807) is 35.2 Å². The first-order valence-electron chi connectivity index (χ1n) is 10.0. The van der Waals surface area contributed by atoms with Crippen LogP contribution in [0.1, 0.15) is 37.4 Å². The number of benzene rings is 3. The van der Waals surface area contributed by atoms with Crippen molar-refractivity contribution in [3.05, 3.63) is 94.0 Å². The normalized spacial score (nSPS) is 20.7. The fraction of sp³-hybridized carbons (Fsp3) is 0.200. The molecule has 156 valence electrons. The van der Waals surface area contributed by atoms with Crippen molar-refractivity contribution in [3.8, 4) is 6.07 Å². The zero-order valence-electron chi connectivity index (χ0n) is 17.2. The Morgan fingerprint density at radius 1 is 0.968 bits per heavy atom. The third-order valence-electron chi connectivity index (χ3n) is 5.99. The van der Waals surface area contributed by atoms with Crippen LogP contribution >= 0.6 is 23.2 Å². The first-order chi connectivity index (χ1) is 14.9. The van der Waals surface area contributed by atoms with E-state index in [0.29, 0.717) is 22.0 Å². The van der Waals surface area contributed by atoms with Crippen molar-refractivity contribution in [1.82, 2.24) is 0 Å². The SMILES string of the molecule is CC[C@@]1(C)[C@H](c2cccc(C#N)c2)N(c2ccc(Cl)cc2)C(=O)N1c1ccc(Cl)cc1. The molecule has 1 fully saturated rings. The van der Waals surface area contributed by atoms with Gasteiger partial charge in [-0.15, -0.1) is 0 Å². The van der Waals surface area contributed by atoms with Crippen LogP contribution in [-0.2, 0) is 0 Å². The Balaban J connectivity index is 1.94. The maximum Gasteiger partial charge on any atom is 0.330 e. The minimum Gasteiger partial charge on any atom is -0.286 e. The zero-order chi connectivity index (χ0) is 22.2. The van der Waals surface area contributed by atoms with Crippen LogP contribution in [0.25, 0.3) is 0 Å². The van der Waals surface area contributed by atoms with Gasteiger partial charge in [-0.3, -0.25) is 9.80 Å². The third-order valence-corrected chi connectivity index (χ3v) is 6.50. The molecule has 2 atom stereocenters. The van der Waals surface area contributed by atoms with Crippen LogP contribution in [-0.4, -0.2) is 11.6 Å². The van der Waals surface area contributed by atoms with E-state index in [1.165, 1.54) is 0 Å². The number of urea groups is 1. The predicted molar refractivity (Wildman–Crippen MR) is 126 cm³/mol. The van der Waals surface area contributed by atoms with Crippen LogP contribution < -0.4 is 9.80 Å². The summed E-state index contributed by atoms with van der Waals surface area (Å²) < 4.78 is 0. The van der Waals surface area contributed by atoms with Gasteiger partial charge in [-0.1, -0.05) is 42.3 Å². The standard InChI is InChI=1S/C25H21Cl2N3O/c1-3-25(2)23(18-6-4-5-17(15-18)16-28)29(21-11-7-19(26)8-12-21)24(31)30(25)22-13-9-20(27)10-14-22/h4-15,23H,3H2,1-2H3/t23-,25-/m0/s1. The molecule has 1 aliphatic rings. The lowest BCUT2D eigenvalue weighted by atomic mass is 9.83. The lowest BCUT2D eigenvalue weighted by molar-refractivity contribution is 0.254. The van der Waals surface area contributed by atoms with Crippen molar-refractivity contribution >= 4 is 40.6 Å². The predicted octanol–water partition coefficient (Wildman–Crippen LogP) is 7.22. The Labute approximate surface area is 192 Å². The molecular formula is C25H21Cl2N3O. The van der Waals surface area contributed by atoms with Crippen molar-refractivity contribution in [2.45, 2.75) is 31.8 Å². The Morgan fingerprint density at radius 2 is 1.55 bits per heavy atom. The van der Waals surface area contributed by atoms with E-state index in [4.69, 9.17) is 23.2 Å². The van der Waals surface area contributed by atoms with E-state index in [2.05, 4.69) is 19.9 Å². The topological polar surface area (TPSA) is 47.3 Å². The Morgan fingerprint density at radius 3 is 2.10 bits per heavy atom. The molecule has 0 spiro atoms. The first kappa shape index (κ1) is 21.2. The molecule has 1 saturated heterocycles. The summed E-state index contributed by atoms with van der Waals surface area (Å²) in [7, 11) is 0. The molecule has 3 aromatic carbocycles. The molecule has 0 aliphatic carbocycles. The Hall–Kier alpha value is -3.00. The summed E-state index contributed by atoms with van der Waals surface area (Å²) in [5.41, 5.74) is 2.42. The van der Waals surface area contributed by atoms with Crippen molar-refractivity contribution in [2.75, 3.05) is 9.80 Å². The van der Waals surface area contributed by atoms with Gasteiger partial charge in [0, 0.05) is 21.4 Å². The molecule has 0 unspecified atom stereocenters. The van der Waals surface area contributed by atoms with Crippen molar-refractivity contribution in [2.24, 2.45) is 0 Å². The summed E-state index contributed by atoms with van der Waals surface area (Å²) in [4.78, 5) is 17.5. The molecule has 3 aromatic rings. The first-order valence-corrected chi connectivity index (χ1v) is 10.8. The molecule has 0 aromatic heterocycles. The van der Waals surface area contributed by atoms with Gasteiger partial charge in [-0.2, -0.15) is 5.26 Å². The van der Waals surface area contributed by atoms with Gasteiger partial charge in [0.25, 0.3) is 0 Å². The summed E-state index contributed by atoms with van der Waals surface area (Å²) in [6.45, 7) is 4.15. The van der Waals surface area contributed by atoms with Gasteiger partial charge >= 0.3 is 6.03 Å². The fourth-order valence-corrected chi connectivity index (χ4v) is 4.58. The molecule has 2 amide bonds. The average Bonchev–Trinajstić information content (AvgIpc) is 3.02. The number of nitriles is 1. The Bertz CT molecular complexity index is 1150. The smallest absolute Gasteiger partial charge is 0.286 e. The van der Waals surface area contributed by atoms with Crippen LogP contribution in [0.3, 0.4) is 0 Å². The van der Waals surface area contributed by atoms with Crippen molar-refractivity contribution < 1.29 is 4.79 Å². The number of carbonyl (C=O) groups excluding carboxylic acids is 1. The number of rotatable bonds is 4. The third kappa shape index (κ3) is 3.65. The minimum atomic E-state index is -0.571. The second-order valence-electron chi connectivity index (χ2n) is 7.79. The van der Waals surface area contributed by atoms with Gasteiger partial charge in [-0.25, -0.2) is 4.79 Å². The fourth-order valence-electron chi connectivity index (χ4n) is 4.33. The lowest BCUT2D eigenvalue weighted by Crippen LogP contribution is -2.45. The molecule has 0 radical (unpaired) electrons. The van der Waals surface area contributed by atoms with Crippen LogP contribution in [0.4, 0.5) is 16.2 Å². The number of carbonyl (C=O) groups is 1. The number of amides is 2. The van der Waals surface area contributed by atoms with Crippen molar-refractivity contribution in [3.63, 3.8) is 0 Å². The maximum absolute atomic E-state index is 13.9. The van der Waals surface area contributed by atoms with Gasteiger partial charge < -0.3 is 0 Å². The van der Waals surface area contributed by atoms with Gasteiger partial charge in [0.15, 0.2) is 0 Å². The molecule has 1 aliphatic heterocycles. The number of hydrogen-bond acceptors (Lipinski definition) is 2. The minimum absolute atomic E-state index is 0.138. The van der Waals surface area contributed by atoms with E-state index in [9.17, 15) is 10.1 Å². The maximum atomic E-state index is 13.9. The van der Waals surface area contributed by atoms with E-state index in [-0.39, 0.29) is 12.1 Å². The van der Waals surface area contributed by atoms with E-state index < -0.39 is 5.54 Å². The largest absolute Gasteiger partial charge is 0.330 e. The van der Waals surface area contributed by atoms with Gasteiger partial charge in [0.05, 0.1) is 23.2 Å².